The maximum atomic E-state index is 13.0. The molecule has 28 heavy (non-hydrogen) atoms. The lowest BCUT2D eigenvalue weighted by Gasteiger charge is -2.12. The van der Waals surface area contributed by atoms with E-state index < -0.39 is 0 Å². The molecule has 0 aliphatic rings. The van der Waals surface area contributed by atoms with Crippen LogP contribution in [0.5, 0.6) is 11.5 Å². The molecule has 0 fully saturated rings. The van der Waals surface area contributed by atoms with E-state index >= 15 is 0 Å². The van der Waals surface area contributed by atoms with Crippen molar-refractivity contribution in [2.24, 2.45) is 5.10 Å². The Labute approximate surface area is 171 Å². The molecule has 0 N–H and O–H groups in total. The van der Waals surface area contributed by atoms with Gasteiger partial charge in [0.1, 0.15) is 5.82 Å². The van der Waals surface area contributed by atoms with Crippen LogP contribution < -0.4 is 15.0 Å². The molecule has 6 nitrogen and oxygen atoms in total. The lowest BCUT2D eigenvalue weighted by molar-refractivity contribution is 0.311. The molecule has 1 aromatic heterocycles. The second-order valence-corrected chi connectivity index (χ2v) is 7.41. The smallest absolute Gasteiger partial charge is 0.282 e. The summed E-state index contributed by atoms with van der Waals surface area (Å²) in [5.41, 5.74) is 1.24. The molecule has 7 heteroatoms. The largest absolute Gasteiger partial charge is 0.493 e. The van der Waals surface area contributed by atoms with Gasteiger partial charge in [0, 0.05) is 10.4 Å². The van der Waals surface area contributed by atoms with Gasteiger partial charge in [-0.3, -0.25) is 4.79 Å². The van der Waals surface area contributed by atoms with Crippen molar-refractivity contribution < 1.29 is 9.47 Å². The lowest BCUT2D eigenvalue weighted by Crippen LogP contribution is -2.23. The van der Waals surface area contributed by atoms with E-state index in [-0.39, 0.29) is 11.5 Å². The van der Waals surface area contributed by atoms with E-state index in [4.69, 9.17) is 9.47 Å². The molecule has 3 rings (SSSR count). The molecular weight excluding hydrogens is 422 g/mol. The summed E-state index contributed by atoms with van der Waals surface area (Å²) < 4.78 is 13.1. The first-order valence-corrected chi connectivity index (χ1v) is 9.81. The molecule has 1 heterocycles. The van der Waals surface area contributed by atoms with Crippen LogP contribution in [0.25, 0.3) is 10.9 Å². The third-order valence-electron chi connectivity index (χ3n) is 4.16. The Morgan fingerprint density at radius 2 is 2.00 bits per heavy atom. The molecular formula is C21H22BrN3O3. The molecule has 146 valence electrons. The predicted molar refractivity (Wildman–Crippen MR) is 115 cm³/mol. The van der Waals surface area contributed by atoms with E-state index in [0.717, 1.165) is 10.0 Å². The quantitative estimate of drug-likeness (QED) is 0.523. The van der Waals surface area contributed by atoms with E-state index in [9.17, 15) is 4.79 Å². The van der Waals surface area contributed by atoms with Crippen molar-refractivity contribution in [3.05, 3.63) is 62.6 Å². The topological polar surface area (TPSA) is 65.7 Å². The van der Waals surface area contributed by atoms with E-state index in [1.54, 1.807) is 19.4 Å². The van der Waals surface area contributed by atoms with Crippen LogP contribution in [0.2, 0.25) is 0 Å². The van der Waals surface area contributed by atoms with Gasteiger partial charge in [-0.05, 0) is 48.9 Å². The molecule has 0 aliphatic carbocycles. The first-order valence-electron chi connectivity index (χ1n) is 9.02. The summed E-state index contributed by atoms with van der Waals surface area (Å²) in [5.74, 6) is 1.92. The number of ether oxygens (including phenoxy) is 2. The second-order valence-electron chi connectivity index (χ2n) is 6.49. The molecule has 0 spiro atoms. The molecule has 3 aromatic rings. The van der Waals surface area contributed by atoms with Crippen LogP contribution in [0.3, 0.4) is 0 Å². The van der Waals surface area contributed by atoms with Crippen LogP contribution in [0.4, 0.5) is 0 Å². The fourth-order valence-corrected chi connectivity index (χ4v) is 3.18. The van der Waals surface area contributed by atoms with Crippen molar-refractivity contribution in [1.29, 1.82) is 0 Å². The van der Waals surface area contributed by atoms with E-state index in [2.05, 4.69) is 26.0 Å². The number of methoxy groups -OCH3 is 1. The Bertz CT molecular complexity index is 1090. The molecule has 0 aliphatic heterocycles. The van der Waals surface area contributed by atoms with Gasteiger partial charge in [-0.25, -0.2) is 4.98 Å². The molecule has 0 radical (unpaired) electrons. The van der Waals surface area contributed by atoms with Crippen LogP contribution in [0.1, 0.15) is 38.1 Å². The minimum atomic E-state index is -0.204. The molecule has 0 bridgehead atoms. The first-order chi connectivity index (χ1) is 13.4. The normalized spacial score (nSPS) is 11.5. The fourth-order valence-electron chi connectivity index (χ4n) is 2.81. The van der Waals surface area contributed by atoms with Crippen LogP contribution in [0, 0.1) is 0 Å². The molecule has 0 amide bonds. The Hall–Kier alpha value is -2.67. The van der Waals surface area contributed by atoms with Crippen molar-refractivity contribution in [2.45, 2.75) is 26.7 Å². The number of fused-ring (bicyclic) bond motifs is 1. The molecule has 0 saturated heterocycles. The zero-order valence-electron chi connectivity index (χ0n) is 16.3. The maximum absolute atomic E-state index is 13.0. The van der Waals surface area contributed by atoms with Gasteiger partial charge in [0.15, 0.2) is 11.5 Å². The molecule has 0 saturated carbocycles. The minimum Gasteiger partial charge on any atom is -0.493 e. The maximum Gasteiger partial charge on any atom is 0.282 e. The number of hydrogen-bond acceptors (Lipinski definition) is 5. The number of benzene rings is 2. The average Bonchev–Trinajstić information content (AvgIpc) is 2.68. The van der Waals surface area contributed by atoms with Crippen LogP contribution in [0.15, 0.2) is 50.8 Å². The van der Waals surface area contributed by atoms with Crippen LogP contribution >= 0.6 is 15.9 Å². The number of rotatable bonds is 6. The molecule has 0 atom stereocenters. The van der Waals surface area contributed by atoms with E-state index in [1.165, 1.54) is 4.68 Å². The highest BCUT2D eigenvalue weighted by molar-refractivity contribution is 9.10. The van der Waals surface area contributed by atoms with Crippen molar-refractivity contribution in [3.63, 3.8) is 0 Å². The summed E-state index contributed by atoms with van der Waals surface area (Å²) in [5, 5.41) is 4.95. The fraction of sp³-hybridized carbons (Fsp3) is 0.286. The highest BCUT2D eigenvalue weighted by Gasteiger charge is 2.14. The highest BCUT2D eigenvalue weighted by Crippen LogP contribution is 2.27. The van der Waals surface area contributed by atoms with Gasteiger partial charge in [-0.1, -0.05) is 29.8 Å². The predicted octanol–water partition coefficient (Wildman–Crippen LogP) is 4.57. The van der Waals surface area contributed by atoms with Gasteiger partial charge in [-0.15, -0.1) is 0 Å². The summed E-state index contributed by atoms with van der Waals surface area (Å²) >= 11 is 3.41. The standard InChI is InChI=1S/C21H22BrN3O3/c1-5-28-18-9-6-14(10-19(18)27-4)12-23-25-20(13(2)3)24-17-8-7-15(22)11-16(17)21(25)26/h6-13H,5H2,1-4H3. The first kappa shape index (κ1) is 20.1. The lowest BCUT2D eigenvalue weighted by atomic mass is 10.2. The minimum absolute atomic E-state index is 0.0350. The zero-order chi connectivity index (χ0) is 20.3. The van der Waals surface area contributed by atoms with Gasteiger partial charge >= 0.3 is 0 Å². The number of hydrogen-bond donors (Lipinski definition) is 0. The van der Waals surface area contributed by atoms with Crippen LogP contribution in [-0.2, 0) is 0 Å². The summed E-state index contributed by atoms with van der Waals surface area (Å²) in [6.07, 6.45) is 1.62. The average molecular weight is 444 g/mol. The molecule has 2 aromatic carbocycles. The number of nitrogens with zero attached hydrogens (tertiary/aromatic N) is 3. The van der Waals surface area contributed by atoms with Gasteiger partial charge < -0.3 is 9.47 Å². The van der Waals surface area contributed by atoms with Crippen LogP contribution in [-0.4, -0.2) is 29.6 Å². The van der Waals surface area contributed by atoms with Crippen molar-refractivity contribution in [2.75, 3.05) is 13.7 Å². The molecule has 0 unspecified atom stereocenters. The summed E-state index contributed by atoms with van der Waals surface area (Å²) in [4.78, 5) is 17.7. The van der Waals surface area contributed by atoms with Gasteiger partial charge in [0.25, 0.3) is 5.56 Å². The summed E-state index contributed by atoms with van der Waals surface area (Å²) in [6.45, 7) is 6.44. The monoisotopic (exact) mass is 443 g/mol. The SMILES string of the molecule is CCOc1ccc(C=Nn2c(C(C)C)nc3ccc(Br)cc3c2=O)cc1OC. The van der Waals surface area contributed by atoms with E-state index in [1.807, 2.05) is 51.1 Å². The third-order valence-corrected chi connectivity index (χ3v) is 4.65. The Kier molecular flexibility index (Phi) is 6.14. The summed E-state index contributed by atoms with van der Waals surface area (Å²) in [7, 11) is 1.59. The Morgan fingerprint density at radius 1 is 1.21 bits per heavy atom. The van der Waals surface area contributed by atoms with Gasteiger partial charge in [0.05, 0.1) is 30.8 Å². The van der Waals surface area contributed by atoms with Gasteiger partial charge in [0.2, 0.25) is 0 Å². The van der Waals surface area contributed by atoms with Gasteiger partial charge in [-0.2, -0.15) is 9.78 Å². The number of aromatic nitrogens is 2. The third kappa shape index (κ3) is 4.09. The highest BCUT2D eigenvalue weighted by atomic mass is 79.9. The Morgan fingerprint density at radius 3 is 2.68 bits per heavy atom. The van der Waals surface area contributed by atoms with Crippen molar-refractivity contribution in [1.82, 2.24) is 9.66 Å². The summed E-state index contributed by atoms with van der Waals surface area (Å²) in [6, 6.07) is 11.0. The van der Waals surface area contributed by atoms with E-state index in [0.29, 0.717) is 34.8 Å². The van der Waals surface area contributed by atoms with Crippen molar-refractivity contribution >= 4 is 33.0 Å². The Balaban J connectivity index is 2.09. The second kappa shape index (κ2) is 8.56. The zero-order valence-corrected chi connectivity index (χ0v) is 17.9. The van der Waals surface area contributed by atoms with Crippen molar-refractivity contribution in [3.8, 4) is 11.5 Å². The number of halogens is 1.